The van der Waals surface area contributed by atoms with Crippen LogP contribution in [0.4, 0.5) is 23.0 Å². The maximum atomic E-state index is 6.19. The number of nitrogens with zero attached hydrogens (tertiary/aromatic N) is 3. The first-order chi connectivity index (χ1) is 15.1. The molecule has 1 aliphatic rings. The summed E-state index contributed by atoms with van der Waals surface area (Å²) in [5.41, 5.74) is 10.6. The Morgan fingerprint density at radius 3 is 2.58 bits per heavy atom. The quantitative estimate of drug-likeness (QED) is 0.551. The predicted molar refractivity (Wildman–Crippen MR) is 125 cm³/mol. The van der Waals surface area contributed by atoms with Crippen LogP contribution in [0.15, 0.2) is 54.7 Å². The summed E-state index contributed by atoms with van der Waals surface area (Å²) in [4.78, 5) is 11.3. The number of aromatic nitrogens is 2. The lowest BCUT2D eigenvalue weighted by Gasteiger charge is -2.28. The number of hydrogen-bond donors (Lipinski definition) is 2. The van der Waals surface area contributed by atoms with Gasteiger partial charge in [0.25, 0.3) is 0 Å². The monoisotopic (exact) mass is 419 g/mol. The van der Waals surface area contributed by atoms with Crippen LogP contribution in [0.5, 0.6) is 5.75 Å². The molecular formula is C24H29N5O2. The molecule has 0 spiro atoms. The van der Waals surface area contributed by atoms with Crippen LogP contribution >= 0.6 is 0 Å². The standard InChI is InChI=1S/C24H29N5O2/c1-17(2)16-31-23-8-3-18(15-21(23)25)22-9-10-26-24(28-22)27-19-4-6-20(7-5-19)29-11-13-30-14-12-29/h3-10,15,17H,11-14,16,25H2,1-2H3,(H,26,27,28). The summed E-state index contributed by atoms with van der Waals surface area (Å²) in [6.45, 7) is 8.23. The summed E-state index contributed by atoms with van der Waals surface area (Å²) in [5.74, 6) is 1.68. The molecule has 2 aromatic carbocycles. The highest BCUT2D eigenvalue weighted by atomic mass is 16.5. The largest absolute Gasteiger partial charge is 0.491 e. The van der Waals surface area contributed by atoms with Crippen LogP contribution in [-0.4, -0.2) is 42.9 Å². The van der Waals surface area contributed by atoms with Gasteiger partial charge in [0.05, 0.1) is 31.2 Å². The zero-order chi connectivity index (χ0) is 21.6. The van der Waals surface area contributed by atoms with Gasteiger partial charge < -0.3 is 25.4 Å². The van der Waals surface area contributed by atoms with Crippen molar-refractivity contribution >= 4 is 23.0 Å². The molecule has 31 heavy (non-hydrogen) atoms. The third kappa shape index (κ3) is 5.44. The van der Waals surface area contributed by atoms with Crippen molar-refractivity contribution in [3.05, 3.63) is 54.7 Å². The van der Waals surface area contributed by atoms with E-state index in [2.05, 4.69) is 46.2 Å². The van der Waals surface area contributed by atoms with Crippen molar-refractivity contribution in [2.75, 3.05) is 48.9 Å². The van der Waals surface area contributed by atoms with Gasteiger partial charge >= 0.3 is 0 Å². The van der Waals surface area contributed by atoms with Crippen LogP contribution in [0, 0.1) is 5.92 Å². The fourth-order valence-electron chi connectivity index (χ4n) is 3.38. The lowest BCUT2D eigenvalue weighted by Crippen LogP contribution is -2.36. The minimum absolute atomic E-state index is 0.442. The van der Waals surface area contributed by atoms with Crippen molar-refractivity contribution in [2.24, 2.45) is 5.92 Å². The maximum absolute atomic E-state index is 6.19. The van der Waals surface area contributed by atoms with Crippen LogP contribution in [0.1, 0.15) is 13.8 Å². The number of ether oxygens (including phenoxy) is 2. The topological polar surface area (TPSA) is 85.5 Å². The Morgan fingerprint density at radius 1 is 1.10 bits per heavy atom. The van der Waals surface area contributed by atoms with E-state index in [4.69, 9.17) is 15.2 Å². The van der Waals surface area contributed by atoms with Crippen LogP contribution in [0.2, 0.25) is 0 Å². The van der Waals surface area contributed by atoms with E-state index in [0.29, 0.717) is 29.9 Å². The van der Waals surface area contributed by atoms with E-state index in [9.17, 15) is 0 Å². The molecule has 3 N–H and O–H groups in total. The Bertz CT molecular complexity index is 1000. The highest BCUT2D eigenvalue weighted by Crippen LogP contribution is 2.29. The normalized spacial score (nSPS) is 14.0. The average molecular weight is 420 g/mol. The van der Waals surface area contributed by atoms with Crippen molar-refractivity contribution in [1.82, 2.24) is 9.97 Å². The van der Waals surface area contributed by atoms with Gasteiger partial charge in [0, 0.05) is 36.2 Å². The first-order valence-corrected chi connectivity index (χ1v) is 10.6. The van der Waals surface area contributed by atoms with Crippen molar-refractivity contribution < 1.29 is 9.47 Å². The number of morpholine rings is 1. The Labute approximate surface area is 183 Å². The summed E-state index contributed by atoms with van der Waals surface area (Å²) < 4.78 is 11.2. The summed E-state index contributed by atoms with van der Waals surface area (Å²) in [6.07, 6.45) is 1.74. The van der Waals surface area contributed by atoms with E-state index in [1.165, 1.54) is 5.69 Å². The van der Waals surface area contributed by atoms with Gasteiger partial charge in [0.2, 0.25) is 5.95 Å². The minimum Gasteiger partial charge on any atom is -0.491 e. The van der Waals surface area contributed by atoms with Crippen molar-refractivity contribution in [3.63, 3.8) is 0 Å². The molecule has 0 unspecified atom stereocenters. The van der Waals surface area contributed by atoms with E-state index in [1.54, 1.807) is 6.20 Å². The highest BCUT2D eigenvalue weighted by molar-refractivity contribution is 5.69. The molecule has 1 aromatic heterocycles. The number of nitrogen functional groups attached to an aromatic ring is 1. The van der Waals surface area contributed by atoms with Crippen molar-refractivity contribution in [3.8, 4) is 17.0 Å². The molecule has 0 saturated carbocycles. The zero-order valence-corrected chi connectivity index (χ0v) is 18.0. The number of nitrogens with one attached hydrogen (secondary N) is 1. The summed E-state index contributed by atoms with van der Waals surface area (Å²) in [5, 5.41) is 3.28. The van der Waals surface area contributed by atoms with E-state index < -0.39 is 0 Å². The smallest absolute Gasteiger partial charge is 0.227 e. The number of anilines is 4. The van der Waals surface area contributed by atoms with E-state index >= 15 is 0 Å². The second-order valence-electron chi connectivity index (χ2n) is 7.99. The van der Waals surface area contributed by atoms with Gasteiger partial charge in [-0.25, -0.2) is 9.97 Å². The molecular weight excluding hydrogens is 390 g/mol. The van der Waals surface area contributed by atoms with Gasteiger partial charge in [0.15, 0.2) is 0 Å². The molecule has 0 bridgehead atoms. The van der Waals surface area contributed by atoms with Gasteiger partial charge in [-0.1, -0.05) is 13.8 Å². The number of hydrogen-bond acceptors (Lipinski definition) is 7. The Kier molecular flexibility index (Phi) is 6.52. The number of benzene rings is 2. The lowest BCUT2D eigenvalue weighted by atomic mass is 10.1. The van der Waals surface area contributed by atoms with E-state index in [1.807, 2.05) is 36.4 Å². The van der Waals surface area contributed by atoms with Gasteiger partial charge in [-0.2, -0.15) is 0 Å². The molecule has 2 heterocycles. The SMILES string of the molecule is CC(C)COc1ccc(-c2ccnc(Nc3ccc(N4CCOCC4)cc3)n2)cc1N. The van der Waals surface area contributed by atoms with Crippen molar-refractivity contribution in [1.29, 1.82) is 0 Å². The first kappa shape index (κ1) is 20.9. The van der Waals surface area contributed by atoms with Crippen LogP contribution in [0.25, 0.3) is 11.3 Å². The van der Waals surface area contributed by atoms with Crippen molar-refractivity contribution in [2.45, 2.75) is 13.8 Å². The van der Waals surface area contributed by atoms with Gasteiger partial charge in [-0.3, -0.25) is 0 Å². The van der Waals surface area contributed by atoms with Crippen LogP contribution in [-0.2, 0) is 4.74 Å². The second kappa shape index (κ2) is 9.66. The molecule has 0 aliphatic carbocycles. The second-order valence-corrected chi connectivity index (χ2v) is 7.99. The predicted octanol–water partition coefficient (Wildman–Crippen LogP) is 4.34. The number of rotatable bonds is 7. The van der Waals surface area contributed by atoms with Gasteiger partial charge in [-0.05, 0) is 54.4 Å². The average Bonchev–Trinajstić information content (AvgIpc) is 2.79. The molecule has 0 radical (unpaired) electrons. The molecule has 4 rings (SSSR count). The minimum atomic E-state index is 0.442. The fourth-order valence-corrected chi connectivity index (χ4v) is 3.38. The summed E-state index contributed by atoms with van der Waals surface area (Å²) >= 11 is 0. The zero-order valence-electron chi connectivity index (χ0n) is 18.0. The molecule has 7 heteroatoms. The highest BCUT2D eigenvalue weighted by Gasteiger charge is 2.11. The molecule has 1 aliphatic heterocycles. The Morgan fingerprint density at radius 2 is 1.87 bits per heavy atom. The first-order valence-electron chi connectivity index (χ1n) is 10.6. The summed E-state index contributed by atoms with van der Waals surface area (Å²) in [6, 6.07) is 15.9. The Balaban J connectivity index is 1.45. The molecule has 0 amide bonds. The maximum Gasteiger partial charge on any atom is 0.227 e. The molecule has 0 atom stereocenters. The fraction of sp³-hybridized carbons (Fsp3) is 0.333. The van der Waals surface area contributed by atoms with Crippen LogP contribution in [0.3, 0.4) is 0 Å². The Hall–Kier alpha value is -3.32. The summed E-state index contributed by atoms with van der Waals surface area (Å²) in [7, 11) is 0. The third-order valence-corrected chi connectivity index (χ3v) is 5.03. The molecule has 3 aromatic rings. The molecule has 7 nitrogen and oxygen atoms in total. The molecule has 1 fully saturated rings. The molecule has 1 saturated heterocycles. The van der Waals surface area contributed by atoms with Gasteiger partial charge in [-0.15, -0.1) is 0 Å². The number of nitrogens with two attached hydrogens (primary N) is 1. The molecule has 162 valence electrons. The van der Waals surface area contributed by atoms with Crippen LogP contribution < -0.4 is 20.7 Å². The van der Waals surface area contributed by atoms with E-state index in [0.717, 1.165) is 43.2 Å². The van der Waals surface area contributed by atoms with Gasteiger partial charge in [0.1, 0.15) is 5.75 Å². The van der Waals surface area contributed by atoms with E-state index in [-0.39, 0.29) is 0 Å². The third-order valence-electron chi connectivity index (χ3n) is 5.03. The lowest BCUT2D eigenvalue weighted by molar-refractivity contribution is 0.122.